The Balaban J connectivity index is 1.91. The summed E-state index contributed by atoms with van der Waals surface area (Å²) in [7, 11) is 0. The minimum absolute atomic E-state index is 0.131. The number of nitrogens with zero attached hydrogens (tertiary/aromatic N) is 1. The third-order valence-electron chi connectivity index (χ3n) is 4.05. The average Bonchev–Trinajstić information content (AvgIpc) is 3.29. The predicted molar refractivity (Wildman–Crippen MR) is 87.2 cm³/mol. The Labute approximate surface area is 129 Å². The monoisotopic (exact) mass is 299 g/mol. The smallest absolute Gasteiger partial charge is 0.330 e. The lowest BCUT2D eigenvalue weighted by Gasteiger charge is -2.20. The number of hydrogen-bond donors (Lipinski definition) is 2. The Bertz CT molecular complexity index is 726. The van der Waals surface area contributed by atoms with E-state index in [9.17, 15) is 9.59 Å². The molecule has 0 spiro atoms. The van der Waals surface area contributed by atoms with Crippen LogP contribution in [0, 0.1) is 5.92 Å². The molecule has 1 fully saturated rings. The standard InChI is InChI=1S/C17H21N3O2/c1-11(2)20-15(21)10-14(19-17(20)22)18-16(13-8-9-13)12-6-4-3-5-7-12/h3-7,10-11,13,16,18H,8-9H2,1-2H3,(H,19,22). The molecule has 116 valence electrons. The summed E-state index contributed by atoms with van der Waals surface area (Å²) in [6.07, 6.45) is 2.33. The van der Waals surface area contributed by atoms with Crippen LogP contribution in [0.1, 0.15) is 44.3 Å². The Morgan fingerprint density at radius 2 is 1.86 bits per heavy atom. The van der Waals surface area contributed by atoms with Crippen LogP contribution in [0.5, 0.6) is 0 Å². The van der Waals surface area contributed by atoms with Crippen molar-refractivity contribution >= 4 is 5.82 Å². The summed E-state index contributed by atoms with van der Waals surface area (Å²) >= 11 is 0. The fraction of sp³-hybridized carbons (Fsp3) is 0.412. The number of anilines is 1. The predicted octanol–water partition coefficient (Wildman–Crippen LogP) is 2.68. The van der Waals surface area contributed by atoms with Gasteiger partial charge in [0.2, 0.25) is 0 Å². The maximum absolute atomic E-state index is 12.1. The molecule has 5 nitrogen and oxygen atoms in total. The number of benzene rings is 1. The third kappa shape index (κ3) is 2.98. The van der Waals surface area contributed by atoms with E-state index in [1.54, 1.807) is 0 Å². The number of aromatic amines is 1. The molecule has 0 saturated heterocycles. The number of aromatic nitrogens is 2. The van der Waals surface area contributed by atoms with Crippen LogP contribution in [0.4, 0.5) is 5.82 Å². The minimum atomic E-state index is -0.368. The highest BCUT2D eigenvalue weighted by molar-refractivity contribution is 5.38. The molecule has 2 aromatic rings. The van der Waals surface area contributed by atoms with Crippen molar-refractivity contribution in [3.8, 4) is 0 Å². The van der Waals surface area contributed by atoms with E-state index in [4.69, 9.17) is 0 Å². The van der Waals surface area contributed by atoms with E-state index in [0.717, 1.165) is 0 Å². The van der Waals surface area contributed by atoms with E-state index < -0.39 is 0 Å². The van der Waals surface area contributed by atoms with Crippen LogP contribution in [-0.2, 0) is 0 Å². The molecule has 0 bridgehead atoms. The Hall–Kier alpha value is -2.30. The SMILES string of the molecule is CC(C)n1c(=O)cc(NC(c2ccccc2)C2CC2)[nH]c1=O. The maximum Gasteiger partial charge on any atom is 0.330 e. The van der Waals surface area contributed by atoms with Gasteiger partial charge in [0.25, 0.3) is 5.56 Å². The zero-order valence-corrected chi connectivity index (χ0v) is 12.9. The molecule has 2 N–H and O–H groups in total. The highest BCUT2D eigenvalue weighted by Gasteiger charge is 2.32. The van der Waals surface area contributed by atoms with Crippen LogP contribution in [0.2, 0.25) is 0 Å². The van der Waals surface area contributed by atoms with E-state index in [-0.39, 0.29) is 23.3 Å². The maximum atomic E-state index is 12.1. The summed E-state index contributed by atoms with van der Waals surface area (Å²) in [6.45, 7) is 3.64. The molecule has 0 radical (unpaired) electrons. The van der Waals surface area contributed by atoms with Crippen LogP contribution in [-0.4, -0.2) is 9.55 Å². The first-order chi connectivity index (χ1) is 10.6. The molecule has 1 aliphatic carbocycles. The summed E-state index contributed by atoms with van der Waals surface area (Å²) in [5.74, 6) is 1.05. The summed E-state index contributed by atoms with van der Waals surface area (Å²) in [6, 6.07) is 11.6. The number of hydrogen-bond acceptors (Lipinski definition) is 3. The van der Waals surface area contributed by atoms with Gasteiger partial charge in [-0.25, -0.2) is 4.79 Å². The largest absolute Gasteiger partial charge is 0.364 e. The van der Waals surface area contributed by atoms with Crippen LogP contribution < -0.4 is 16.6 Å². The van der Waals surface area contributed by atoms with Crippen molar-refractivity contribution in [3.63, 3.8) is 0 Å². The minimum Gasteiger partial charge on any atom is -0.364 e. The molecule has 1 aromatic heterocycles. The molecular formula is C17H21N3O2. The molecule has 22 heavy (non-hydrogen) atoms. The van der Waals surface area contributed by atoms with Crippen molar-refractivity contribution in [3.05, 3.63) is 62.8 Å². The molecule has 1 heterocycles. The van der Waals surface area contributed by atoms with Crippen LogP contribution in [0.3, 0.4) is 0 Å². The van der Waals surface area contributed by atoms with Gasteiger partial charge in [0.05, 0.1) is 6.04 Å². The van der Waals surface area contributed by atoms with Gasteiger partial charge in [-0.1, -0.05) is 30.3 Å². The van der Waals surface area contributed by atoms with Crippen molar-refractivity contribution in [1.82, 2.24) is 9.55 Å². The normalized spacial score (nSPS) is 15.8. The first-order valence-corrected chi connectivity index (χ1v) is 7.73. The van der Waals surface area contributed by atoms with E-state index in [1.165, 1.54) is 29.0 Å². The number of nitrogens with one attached hydrogen (secondary N) is 2. The topological polar surface area (TPSA) is 66.9 Å². The highest BCUT2D eigenvalue weighted by Crippen LogP contribution is 2.42. The summed E-state index contributed by atoms with van der Waals surface area (Å²) in [5.41, 5.74) is 0.537. The Morgan fingerprint density at radius 3 is 2.41 bits per heavy atom. The van der Waals surface area contributed by atoms with E-state index in [0.29, 0.717) is 11.7 Å². The molecular weight excluding hydrogens is 278 g/mol. The van der Waals surface area contributed by atoms with Gasteiger partial charge in [-0.05, 0) is 38.2 Å². The van der Waals surface area contributed by atoms with Crippen LogP contribution in [0.25, 0.3) is 0 Å². The molecule has 1 atom stereocenters. The number of rotatable bonds is 5. The fourth-order valence-electron chi connectivity index (χ4n) is 2.80. The van der Waals surface area contributed by atoms with Gasteiger partial charge in [-0.15, -0.1) is 0 Å². The number of H-pyrrole nitrogens is 1. The van der Waals surface area contributed by atoms with Crippen LogP contribution >= 0.6 is 0 Å². The molecule has 1 aromatic carbocycles. The summed E-state index contributed by atoms with van der Waals surface area (Å²) in [5, 5.41) is 3.34. The van der Waals surface area contributed by atoms with Gasteiger partial charge in [0.15, 0.2) is 0 Å². The Kier molecular flexibility index (Phi) is 3.88. The quantitative estimate of drug-likeness (QED) is 0.892. The van der Waals surface area contributed by atoms with Crippen molar-refractivity contribution in [2.45, 2.75) is 38.8 Å². The lowest BCUT2D eigenvalue weighted by Crippen LogP contribution is -2.36. The lowest BCUT2D eigenvalue weighted by molar-refractivity contribution is 0.545. The molecule has 0 aliphatic heterocycles. The second-order valence-electron chi connectivity index (χ2n) is 6.16. The molecule has 1 unspecified atom stereocenters. The van der Waals surface area contributed by atoms with Crippen molar-refractivity contribution in [2.75, 3.05) is 5.32 Å². The van der Waals surface area contributed by atoms with Crippen molar-refractivity contribution in [1.29, 1.82) is 0 Å². The highest BCUT2D eigenvalue weighted by atomic mass is 16.2. The molecule has 5 heteroatoms. The van der Waals surface area contributed by atoms with Crippen molar-refractivity contribution in [2.24, 2.45) is 5.92 Å². The van der Waals surface area contributed by atoms with Gasteiger partial charge in [-0.3, -0.25) is 14.3 Å². The van der Waals surface area contributed by atoms with Gasteiger partial charge in [0.1, 0.15) is 5.82 Å². The molecule has 3 rings (SSSR count). The molecule has 0 amide bonds. The van der Waals surface area contributed by atoms with Gasteiger partial charge < -0.3 is 5.32 Å². The Morgan fingerprint density at radius 1 is 1.18 bits per heavy atom. The fourth-order valence-corrected chi connectivity index (χ4v) is 2.80. The zero-order chi connectivity index (χ0) is 15.7. The molecule has 1 aliphatic rings. The van der Waals surface area contributed by atoms with E-state index in [1.807, 2.05) is 32.0 Å². The molecule has 1 saturated carbocycles. The van der Waals surface area contributed by atoms with Crippen LogP contribution in [0.15, 0.2) is 46.0 Å². The summed E-state index contributed by atoms with van der Waals surface area (Å²) in [4.78, 5) is 27.0. The van der Waals surface area contributed by atoms with E-state index >= 15 is 0 Å². The third-order valence-corrected chi connectivity index (χ3v) is 4.05. The first-order valence-electron chi connectivity index (χ1n) is 7.73. The average molecular weight is 299 g/mol. The van der Waals surface area contributed by atoms with Crippen molar-refractivity contribution < 1.29 is 0 Å². The second-order valence-corrected chi connectivity index (χ2v) is 6.16. The van der Waals surface area contributed by atoms with Gasteiger partial charge in [-0.2, -0.15) is 0 Å². The second kappa shape index (κ2) is 5.83. The zero-order valence-electron chi connectivity index (χ0n) is 12.9. The summed E-state index contributed by atoms with van der Waals surface area (Å²) < 4.78 is 1.22. The van der Waals surface area contributed by atoms with Gasteiger partial charge >= 0.3 is 5.69 Å². The van der Waals surface area contributed by atoms with Gasteiger partial charge in [0, 0.05) is 12.1 Å². The lowest BCUT2D eigenvalue weighted by atomic mass is 10.0. The first kappa shape index (κ1) is 14.6. The van der Waals surface area contributed by atoms with E-state index in [2.05, 4.69) is 22.4 Å².